The molecule has 0 aliphatic heterocycles. The van der Waals surface area contributed by atoms with Crippen molar-refractivity contribution in [3.63, 3.8) is 0 Å². The molecule has 6 nitrogen and oxygen atoms in total. The van der Waals surface area contributed by atoms with E-state index in [4.69, 9.17) is 23.3 Å². The van der Waals surface area contributed by atoms with Crippen LogP contribution in [0.5, 0.6) is 0 Å². The number of hydrogen-bond donors (Lipinski definition) is 0. The van der Waals surface area contributed by atoms with Crippen molar-refractivity contribution in [3.8, 4) is 0 Å². The van der Waals surface area contributed by atoms with E-state index in [1.807, 2.05) is 0 Å². The smallest absolute Gasteiger partial charge is 0.00405 e. The van der Waals surface area contributed by atoms with E-state index in [2.05, 4.69) is 276 Å². The molecular weight excluding hydrogens is 1120 g/mol. The third kappa shape index (κ3) is 24.8. The standard InChI is InChI=1S/2C25H22P2.C3H6O.5CO.2Ru/c2*1-5-13-22(14-6-1)26(23-15-7-2-8-16-23)21-27(24-17-9-3-10-18-24)25-19-11-4-12-20-25;1-3(2)4;5*1-2;;/h2*1-20H,21H2;1-2H3;;;;;;;. The molecule has 0 aromatic heterocycles. The molecule has 0 radical (unpaired) electrons. The van der Waals surface area contributed by atoms with Gasteiger partial charge in [0.1, 0.15) is 5.78 Å². The molecule has 8 rings (SSSR count). The first-order valence-corrected chi connectivity index (χ1v) is 26.7. The molecule has 0 saturated heterocycles. The summed E-state index contributed by atoms with van der Waals surface area (Å²) in [6.45, 7) is 25.6. The van der Waals surface area contributed by atoms with Crippen LogP contribution in [0.2, 0.25) is 0 Å². The maximum Gasteiger partial charge on any atom is 0.00405 e. The van der Waals surface area contributed by atoms with E-state index < -0.39 is 31.7 Å². The van der Waals surface area contributed by atoms with Crippen LogP contribution < -0.4 is 42.4 Å². The Morgan fingerprint density at radius 1 is 0.271 bits per heavy atom. The van der Waals surface area contributed by atoms with Crippen molar-refractivity contribution >= 4 is 79.9 Å². The van der Waals surface area contributed by atoms with E-state index in [9.17, 15) is 4.79 Å². The molecule has 0 heterocycles. The minimum absolute atomic E-state index is 0. The Morgan fingerprint density at radius 2 is 0.357 bits per heavy atom. The fraction of sp³-hybridized carbons (Fsp3) is 0.0690. The van der Waals surface area contributed by atoms with Gasteiger partial charge in [-0.3, -0.25) is 0 Å². The largest absolute Gasteiger partial charge is 0.0622 e. The Bertz CT molecular complexity index is 2070. The second-order valence-corrected chi connectivity index (χ2v) is 23.4. The van der Waals surface area contributed by atoms with Crippen LogP contribution in [0.1, 0.15) is 13.8 Å². The number of benzene rings is 8. The number of carbonyl (C=O) groups excluding carboxylic acids is 1. The van der Waals surface area contributed by atoms with Crippen molar-refractivity contribution in [3.05, 3.63) is 276 Å². The molecule has 0 bridgehead atoms. The van der Waals surface area contributed by atoms with Gasteiger partial charge in [-0.25, -0.2) is 0 Å². The van der Waals surface area contributed by atoms with E-state index in [-0.39, 0.29) is 44.7 Å². The summed E-state index contributed by atoms with van der Waals surface area (Å²) in [6.07, 6.45) is 0. The van der Waals surface area contributed by atoms with Crippen molar-refractivity contribution < 1.29 is 67.0 Å². The molecule has 0 aliphatic rings. The van der Waals surface area contributed by atoms with Gasteiger partial charge in [0.25, 0.3) is 0 Å². The van der Waals surface area contributed by atoms with E-state index in [0.717, 1.165) is 0 Å². The molecule has 0 saturated carbocycles. The topological polar surface area (TPSA) is 117 Å². The summed E-state index contributed by atoms with van der Waals surface area (Å²) in [7, 11) is -1.63. The van der Waals surface area contributed by atoms with Gasteiger partial charge in [-0.2, -0.15) is 0 Å². The predicted octanol–water partition coefficient (Wildman–Crippen LogP) is 10.8. The molecule has 0 aliphatic carbocycles. The molecule has 354 valence electrons. The third-order valence-corrected chi connectivity index (χ3v) is 21.0. The summed E-state index contributed by atoms with van der Waals surface area (Å²) in [5.74, 6) is 2.51. The molecule has 0 N–H and O–H groups in total. The van der Waals surface area contributed by atoms with Crippen molar-refractivity contribution in [2.75, 3.05) is 11.8 Å². The zero-order valence-electron chi connectivity index (χ0n) is 38.5. The minimum atomic E-state index is -0.409. The normalized spacial score (nSPS) is 9.03. The number of hydrogen-bond acceptors (Lipinski definition) is 1. The van der Waals surface area contributed by atoms with Gasteiger partial charge >= 0.3 is 56.5 Å². The molecule has 0 fully saturated rings. The minimum Gasteiger partial charge on any atom is -0.0622 e. The number of carbonyl (C=O) groups is 1. The molecule has 0 amide bonds. The monoisotopic (exact) mass is 1170 g/mol. The average molecular weight is 1170 g/mol. The Labute approximate surface area is 445 Å². The summed E-state index contributed by atoms with van der Waals surface area (Å²) in [5, 5.41) is 11.7. The molecule has 8 aromatic carbocycles. The average Bonchev–Trinajstić information content (AvgIpc) is 3.44. The number of ketones is 1. The van der Waals surface area contributed by atoms with Crippen LogP contribution in [0, 0.1) is 33.3 Å². The number of Topliss-reactive ketones (excluding diaryl/α,β-unsaturated/α-hetero) is 1. The van der Waals surface area contributed by atoms with Crippen molar-refractivity contribution in [1.29, 1.82) is 0 Å². The first-order chi connectivity index (χ1) is 33.6. The van der Waals surface area contributed by atoms with Crippen LogP contribution in [0.4, 0.5) is 0 Å². The molecule has 0 spiro atoms. The van der Waals surface area contributed by atoms with Crippen LogP contribution in [0.15, 0.2) is 243 Å². The summed E-state index contributed by atoms with van der Waals surface area (Å²) in [5.41, 5.74) is 0. The van der Waals surface area contributed by atoms with Gasteiger partial charge in [0.2, 0.25) is 0 Å². The molecule has 70 heavy (non-hydrogen) atoms. The Kier molecular flexibility index (Phi) is 42.3. The van der Waals surface area contributed by atoms with Crippen LogP contribution in [0.25, 0.3) is 0 Å². The van der Waals surface area contributed by atoms with Crippen LogP contribution in [-0.2, 0) is 67.0 Å². The van der Waals surface area contributed by atoms with Gasteiger partial charge in [-0.15, -0.1) is 0 Å². The Hall–Kier alpha value is -4.90. The van der Waals surface area contributed by atoms with Gasteiger partial charge < -0.3 is 4.79 Å². The molecule has 0 unspecified atom stereocenters. The first-order valence-electron chi connectivity index (χ1n) is 20.6. The van der Waals surface area contributed by atoms with Gasteiger partial charge in [-0.1, -0.05) is 243 Å². The fourth-order valence-electron chi connectivity index (χ4n) is 6.40. The second kappa shape index (κ2) is 44.1. The zero-order valence-corrected chi connectivity index (χ0v) is 45.5. The summed E-state index contributed by atoms with van der Waals surface area (Å²) >= 11 is 0. The van der Waals surface area contributed by atoms with Crippen LogP contribution in [-0.4, -0.2) is 17.6 Å². The quantitative estimate of drug-likeness (QED) is 0.0515. The van der Waals surface area contributed by atoms with Crippen LogP contribution in [0.3, 0.4) is 0 Å². The summed E-state index contributed by atoms with van der Waals surface area (Å²) in [4.78, 5) is 9.44. The maximum absolute atomic E-state index is 9.44. The van der Waals surface area contributed by atoms with Gasteiger partial charge in [0.05, 0.1) is 0 Å². The summed E-state index contributed by atoms with van der Waals surface area (Å²) in [6, 6.07) is 88.3. The van der Waals surface area contributed by atoms with E-state index >= 15 is 0 Å². The van der Waals surface area contributed by atoms with Gasteiger partial charge in [0, 0.05) is 50.8 Å². The predicted molar refractivity (Wildman–Crippen MR) is 282 cm³/mol. The van der Waals surface area contributed by atoms with E-state index in [1.165, 1.54) is 68.1 Å². The van der Waals surface area contributed by atoms with Gasteiger partial charge in [0.15, 0.2) is 0 Å². The second-order valence-electron chi connectivity index (χ2n) is 13.6. The fourth-order valence-corrected chi connectivity index (χ4v) is 19.3. The maximum atomic E-state index is 9.44. The first kappa shape index (κ1) is 67.2. The zero-order chi connectivity index (χ0) is 50.2. The van der Waals surface area contributed by atoms with E-state index in [0.29, 0.717) is 0 Å². The Morgan fingerprint density at radius 3 is 0.443 bits per heavy atom. The van der Waals surface area contributed by atoms with Gasteiger partial charge in [-0.05, 0) is 88.0 Å². The molecular formula is C58H50O6P4Ru2. The molecule has 12 heteroatoms. The van der Waals surface area contributed by atoms with Crippen LogP contribution >= 0.6 is 31.7 Å². The SMILES string of the molecule is CC(C)=O.[C-]#[O+].[C-]#[O+].[C-]#[O+].[C-]#[O+].[C-]#[O+].[Ru].[Ru].c1ccc(P(CP(c2ccccc2)c2ccccc2)c2ccccc2)cc1.c1ccc(P(CP(c2ccccc2)c2ccccc2)c2ccccc2)cc1. The van der Waals surface area contributed by atoms with Crippen molar-refractivity contribution in [2.24, 2.45) is 0 Å². The molecule has 0 atom stereocenters. The Balaban J connectivity index is 0. The summed E-state index contributed by atoms with van der Waals surface area (Å²) < 4.78 is 37.5. The molecule has 8 aromatic rings. The number of rotatable bonds is 12. The van der Waals surface area contributed by atoms with Crippen molar-refractivity contribution in [1.82, 2.24) is 0 Å². The van der Waals surface area contributed by atoms with E-state index in [1.54, 1.807) is 0 Å². The third-order valence-electron chi connectivity index (χ3n) is 9.11. The van der Waals surface area contributed by atoms with Crippen molar-refractivity contribution in [2.45, 2.75) is 13.8 Å².